The van der Waals surface area contributed by atoms with Gasteiger partial charge in [-0.05, 0) is 53.6 Å². The first-order valence-electron chi connectivity index (χ1n) is 8.83. The number of hydrogen-bond donors (Lipinski definition) is 1. The smallest absolute Gasteiger partial charge is 0.135 e. The third-order valence-electron chi connectivity index (χ3n) is 4.68. The van der Waals surface area contributed by atoms with Crippen LogP contribution >= 0.6 is 0 Å². The summed E-state index contributed by atoms with van der Waals surface area (Å²) in [5.74, 6) is 1.71. The summed E-state index contributed by atoms with van der Waals surface area (Å²) in [5, 5.41) is 2.30. The van der Waals surface area contributed by atoms with Crippen molar-refractivity contribution in [1.82, 2.24) is 0 Å². The van der Waals surface area contributed by atoms with Gasteiger partial charge in [0.15, 0.2) is 0 Å². The molecule has 0 radical (unpaired) electrons. The Morgan fingerprint density at radius 1 is 0.920 bits per heavy atom. The largest absolute Gasteiger partial charge is 0.457 e. The maximum absolute atomic E-state index is 6.38. The summed E-state index contributed by atoms with van der Waals surface area (Å²) in [6.45, 7) is 4.29. The third-order valence-corrected chi connectivity index (χ3v) is 4.68. The molecule has 25 heavy (non-hydrogen) atoms. The zero-order valence-electron chi connectivity index (χ0n) is 15.5. The Morgan fingerprint density at radius 2 is 1.68 bits per heavy atom. The number of anilines is 2. The van der Waals surface area contributed by atoms with Crippen molar-refractivity contribution < 1.29 is 4.74 Å². The van der Waals surface area contributed by atoms with E-state index in [1.54, 1.807) is 0 Å². The van der Waals surface area contributed by atoms with Gasteiger partial charge < -0.3 is 15.4 Å². The summed E-state index contributed by atoms with van der Waals surface area (Å²) in [4.78, 5) is 2.07. The molecule has 3 rings (SSSR count). The molecule has 0 aromatic heterocycles. The van der Waals surface area contributed by atoms with Gasteiger partial charge in [-0.15, -0.1) is 0 Å². The average molecular weight is 334 g/mol. The van der Waals surface area contributed by atoms with Crippen LogP contribution in [0, 0.1) is 0 Å². The Morgan fingerprint density at radius 3 is 2.36 bits per heavy atom. The van der Waals surface area contributed by atoms with E-state index < -0.39 is 0 Å². The molecule has 0 atom stereocenters. The van der Waals surface area contributed by atoms with Gasteiger partial charge in [-0.25, -0.2) is 0 Å². The number of nitrogens with two attached hydrogens (primary N) is 1. The van der Waals surface area contributed by atoms with Crippen molar-refractivity contribution in [3.63, 3.8) is 0 Å². The van der Waals surface area contributed by atoms with Crippen LogP contribution in [0.5, 0.6) is 11.5 Å². The van der Waals surface area contributed by atoms with E-state index in [0.29, 0.717) is 0 Å². The molecular weight excluding hydrogens is 308 g/mol. The summed E-state index contributed by atoms with van der Waals surface area (Å²) < 4.78 is 6.25. The van der Waals surface area contributed by atoms with Gasteiger partial charge in [-0.1, -0.05) is 32.0 Å². The Labute approximate surface area is 150 Å². The highest BCUT2D eigenvalue weighted by Crippen LogP contribution is 2.36. The molecule has 2 N–H and O–H groups in total. The first kappa shape index (κ1) is 17.2. The Bertz CT molecular complexity index is 900. The van der Waals surface area contributed by atoms with E-state index in [0.717, 1.165) is 41.1 Å². The van der Waals surface area contributed by atoms with Crippen LogP contribution in [0.2, 0.25) is 0 Å². The summed E-state index contributed by atoms with van der Waals surface area (Å²) in [5.41, 5.74) is 10.8. The second-order valence-corrected chi connectivity index (χ2v) is 6.48. The first-order valence-corrected chi connectivity index (χ1v) is 8.83. The third kappa shape index (κ3) is 3.27. The van der Waals surface area contributed by atoms with E-state index in [1.165, 1.54) is 16.5 Å². The molecule has 0 aliphatic rings. The molecule has 0 fully saturated rings. The number of benzene rings is 3. The van der Waals surface area contributed by atoms with Gasteiger partial charge in [0, 0.05) is 36.9 Å². The predicted octanol–water partition coefficient (Wildman–Crippen LogP) is 5.41. The highest BCUT2D eigenvalue weighted by atomic mass is 16.5. The topological polar surface area (TPSA) is 38.5 Å². The van der Waals surface area contributed by atoms with E-state index >= 15 is 0 Å². The average Bonchev–Trinajstić information content (AvgIpc) is 2.61. The molecule has 0 spiro atoms. The quantitative estimate of drug-likeness (QED) is 0.634. The van der Waals surface area contributed by atoms with Gasteiger partial charge in [0.1, 0.15) is 11.5 Å². The molecule has 130 valence electrons. The van der Waals surface area contributed by atoms with Crippen molar-refractivity contribution in [3.8, 4) is 11.5 Å². The number of aryl methyl sites for hydroxylation is 2. The van der Waals surface area contributed by atoms with Gasteiger partial charge >= 0.3 is 0 Å². The SMILES string of the molecule is CCc1cc2c(Oc3cccc(N(C)C)c3)cccc2c(CC)c1N. The molecule has 0 amide bonds. The predicted molar refractivity (Wildman–Crippen MR) is 108 cm³/mol. The Hall–Kier alpha value is -2.68. The highest BCUT2D eigenvalue weighted by Gasteiger charge is 2.12. The lowest BCUT2D eigenvalue weighted by atomic mass is 9.95. The minimum absolute atomic E-state index is 0.839. The molecule has 3 aromatic carbocycles. The molecule has 0 saturated carbocycles. The molecule has 0 unspecified atom stereocenters. The Balaban J connectivity index is 2.12. The number of fused-ring (bicyclic) bond motifs is 1. The Kier molecular flexibility index (Phi) is 4.84. The highest BCUT2D eigenvalue weighted by molar-refractivity contribution is 5.95. The standard InChI is InChI=1S/C22H26N2O/c1-5-15-13-20-19(18(6-2)22(15)23)11-8-12-21(20)25-17-10-7-9-16(14-17)24(3)4/h7-14H,5-6,23H2,1-4H3. The lowest BCUT2D eigenvalue weighted by Crippen LogP contribution is -2.08. The molecule has 0 bridgehead atoms. The van der Waals surface area contributed by atoms with Crippen LogP contribution in [0.1, 0.15) is 25.0 Å². The zero-order chi connectivity index (χ0) is 18.0. The van der Waals surface area contributed by atoms with E-state index in [9.17, 15) is 0 Å². The summed E-state index contributed by atoms with van der Waals surface area (Å²) in [6, 6.07) is 16.5. The maximum atomic E-state index is 6.38. The van der Waals surface area contributed by atoms with Crippen LogP contribution in [-0.4, -0.2) is 14.1 Å². The number of rotatable bonds is 5. The summed E-state index contributed by atoms with van der Waals surface area (Å²) >= 11 is 0. The fraction of sp³-hybridized carbons (Fsp3) is 0.273. The lowest BCUT2D eigenvalue weighted by Gasteiger charge is -2.17. The van der Waals surface area contributed by atoms with Gasteiger partial charge in [0.25, 0.3) is 0 Å². The minimum atomic E-state index is 0.839. The van der Waals surface area contributed by atoms with E-state index in [-0.39, 0.29) is 0 Å². The lowest BCUT2D eigenvalue weighted by molar-refractivity contribution is 0.488. The fourth-order valence-corrected chi connectivity index (χ4v) is 3.26. The van der Waals surface area contributed by atoms with Crippen molar-refractivity contribution in [2.45, 2.75) is 26.7 Å². The van der Waals surface area contributed by atoms with Crippen molar-refractivity contribution in [2.24, 2.45) is 0 Å². The molecule has 0 aliphatic carbocycles. The maximum Gasteiger partial charge on any atom is 0.135 e. The van der Waals surface area contributed by atoms with Crippen molar-refractivity contribution in [3.05, 3.63) is 59.7 Å². The van der Waals surface area contributed by atoms with Crippen molar-refractivity contribution >= 4 is 22.1 Å². The van der Waals surface area contributed by atoms with Crippen molar-refractivity contribution in [1.29, 1.82) is 0 Å². The molecule has 3 aromatic rings. The van der Waals surface area contributed by atoms with Crippen LogP contribution in [0.3, 0.4) is 0 Å². The van der Waals surface area contributed by atoms with Crippen LogP contribution in [0.15, 0.2) is 48.5 Å². The monoisotopic (exact) mass is 334 g/mol. The van der Waals surface area contributed by atoms with E-state index in [1.807, 2.05) is 38.4 Å². The second kappa shape index (κ2) is 7.06. The summed E-state index contributed by atoms with van der Waals surface area (Å²) in [7, 11) is 4.06. The second-order valence-electron chi connectivity index (χ2n) is 6.48. The molecule has 0 aliphatic heterocycles. The summed E-state index contributed by atoms with van der Waals surface area (Å²) in [6.07, 6.45) is 1.83. The van der Waals surface area contributed by atoms with Crippen LogP contribution in [-0.2, 0) is 12.8 Å². The number of ether oxygens (including phenoxy) is 1. The van der Waals surface area contributed by atoms with E-state index in [4.69, 9.17) is 10.5 Å². The molecule has 3 heteroatoms. The number of nitrogens with zero attached hydrogens (tertiary/aromatic N) is 1. The zero-order valence-corrected chi connectivity index (χ0v) is 15.5. The fourth-order valence-electron chi connectivity index (χ4n) is 3.26. The van der Waals surface area contributed by atoms with Gasteiger partial charge in [0.05, 0.1) is 0 Å². The van der Waals surface area contributed by atoms with Crippen LogP contribution < -0.4 is 15.4 Å². The number of nitrogen functional groups attached to an aromatic ring is 1. The first-order chi connectivity index (χ1) is 12.0. The minimum Gasteiger partial charge on any atom is -0.457 e. The van der Waals surface area contributed by atoms with Gasteiger partial charge in [-0.2, -0.15) is 0 Å². The molecular formula is C22H26N2O. The van der Waals surface area contributed by atoms with Crippen LogP contribution in [0.25, 0.3) is 10.8 Å². The molecule has 0 saturated heterocycles. The molecule has 0 heterocycles. The number of hydrogen-bond acceptors (Lipinski definition) is 3. The molecule has 3 nitrogen and oxygen atoms in total. The van der Waals surface area contributed by atoms with Crippen LogP contribution in [0.4, 0.5) is 11.4 Å². The van der Waals surface area contributed by atoms with Gasteiger partial charge in [0.2, 0.25) is 0 Å². The van der Waals surface area contributed by atoms with E-state index in [2.05, 4.69) is 43.0 Å². The van der Waals surface area contributed by atoms with Crippen molar-refractivity contribution in [2.75, 3.05) is 24.7 Å². The normalized spacial score (nSPS) is 10.9. The van der Waals surface area contributed by atoms with Gasteiger partial charge in [-0.3, -0.25) is 0 Å².